The summed E-state index contributed by atoms with van der Waals surface area (Å²) in [5.41, 5.74) is 0.978. The second-order valence-electron chi connectivity index (χ2n) is 2.74. The van der Waals surface area contributed by atoms with E-state index in [1.807, 2.05) is 6.08 Å². The first-order valence-electron chi connectivity index (χ1n) is 3.65. The predicted octanol–water partition coefficient (Wildman–Crippen LogP) is 1.31. The van der Waals surface area contributed by atoms with E-state index in [0.717, 1.165) is 18.5 Å². The maximum atomic E-state index is 10.8. The Labute approximate surface area is 73.5 Å². The van der Waals surface area contributed by atoms with Gasteiger partial charge in [0.15, 0.2) is 5.78 Å². The monoisotopic (exact) mass is 175 g/mol. The van der Waals surface area contributed by atoms with Crippen molar-refractivity contribution in [3.05, 3.63) is 11.6 Å². The smallest absolute Gasteiger partial charge is 0.155 e. The molecule has 1 atom stereocenters. The molecule has 0 aromatic rings. The zero-order valence-corrected chi connectivity index (χ0v) is 7.70. The summed E-state index contributed by atoms with van der Waals surface area (Å²) in [6.45, 7) is 4.62. The number of halogens is 1. The molecule has 1 heterocycles. The van der Waals surface area contributed by atoms with Crippen LogP contribution in [0.3, 0.4) is 0 Å². The molecule has 1 N–H and O–H groups in total. The highest BCUT2D eigenvalue weighted by Gasteiger charge is 2.10. The summed E-state index contributed by atoms with van der Waals surface area (Å²) in [6.07, 6.45) is 2.89. The fourth-order valence-electron chi connectivity index (χ4n) is 1.17. The second-order valence-corrected chi connectivity index (χ2v) is 2.74. The molecule has 2 nitrogen and oxygen atoms in total. The molecule has 0 radical (unpaired) electrons. The maximum Gasteiger partial charge on any atom is 0.155 e. The Kier molecular flexibility index (Phi) is 4.38. The van der Waals surface area contributed by atoms with E-state index >= 15 is 0 Å². The van der Waals surface area contributed by atoms with Gasteiger partial charge in [-0.1, -0.05) is 6.08 Å². The van der Waals surface area contributed by atoms with E-state index in [9.17, 15) is 4.79 Å². The van der Waals surface area contributed by atoms with Gasteiger partial charge in [0.1, 0.15) is 0 Å². The van der Waals surface area contributed by atoms with Crippen LogP contribution in [0.1, 0.15) is 20.3 Å². The van der Waals surface area contributed by atoms with Crippen molar-refractivity contribution in [2.24, 2.45) is 0 Å². The van der Waals surface area contributed by atoms with Crippen LogP contribution in [0.5, 0.6) is 0 Å². The van der Waals surface area contributed by atoms with Crippen molar-refractivity contribution < 1.29 is 4.79 Å². The highest BCUT2D eigenvalue weighted by molar-refractivity contribution is 5.93. The lowest BCUT2D eigenvalue weighted by molar-refractivity contribution is -0.113. The number of nitrogens with one attached hydrogen (secondary N) is 1. The second kappa shape index (κ2) is 4.52. The Morgan fingerprint density at radius 2 is 2.36 bits per heavy atom. The standard InChI is InChI=1S/C8H13NO.ClH/c1-6-5-8(7(2)10)3-4-9-6;/h5-6,9H,3-4H2,1-2H3;1H. The van der Waals surface area contributed by atoms with Crippen molar-refractivity contribution in [1.82, 2.24) is 5.32 Å². The van der Waals surface area contributed by atoms with Crippen molar-refractivity contribution >= 4 is 18.2 Å². The number of carbonyl (C=O) groups is 1. The first-order valence-corrected chi connectivity index (χ1v) is 3.65. The summed E-state index contributed by atoms with van der Waals surface area (Å²) in [5, 5.41) is 3.24. The highest BCUT2D eigenvalue weighted by atomic mass is 35.5. The van der Waals surface area contributed by atoms with Gasteiger partial charge in [0.05, 0.1) is 0 Å². The van der Waals surface area contributed by atoms with Gasteiger partial charge in [0.2, 0.25) is 0 Å². The molecule has 0 aromatic heterocycles. The van der Waals surface area contributed by atoms with Gasteiger partial charge >= 0.3 is 0 Å². The van der Waals surface area contributed by atoms with E-state index in [2.05, 4.69) is 12.2 Å². The minimum Gasteiger partial charge on any atom is -0.310 e. The fraction of sp³-hybridized carbons (Fsp3) is 0.625. The number of hydrogen-bond donors (Lipinski definition) is 1. The van der Waals surface area contributed by atoms with Gasteiger partial charge in [-0.05, 0) is 32.4 Å². The Morgan fingerprint density at radius 3 is 2.73 bits per heavy atom. The molecule has 1 aliphatic rings. The zero-order valence-electron chi connectivity index (χ0n) is 6.89. The minimum absolute atomic E-state index is 0. The Hall–Kier alpha value is -0.340. The van der Waals surface area contributed by atoms with Crippen LogP contribution in [0.25, 0.3) is 0 Å². The number of Topliss-reactive ketones (excluding diaryl/α,β-unsaturated/α-hetero) is 1. The molecule has 0 spiro atoms. The Morgan fingerprint density at radius 1 is 1.73 bits per heavy atom. The van der Waals surface area contributed by atoms with Gasteiger partial charge in [0.25, 0.3) is 0 Å². The van der Waals surface area contributed by atoms with Gasteiger partial charge in [-0.25, -0.2) is 0 Å². The van der Waals surface area contributed by atoms with Crippen molar-refractivity contribution in [2.75, 3.05) is 6.54 Å². The van der Waals surface area contributed by atoms with E-state index in [0.29, 0.717) is 6.04 Å². The zero-order chi connectivity index (χ0) is 7.56. The van der Waals surface area contributed by atoms with Crippen LogP contribution in [0.4, 0.5) is 0 Å². The van der Waals surface area contributed by atoms with Crippen molar-refractivity contribution in [3.63, 3.8) is 0 Å². The van der Waals surface area contributed by atoms with Gasteiger partial charge in [0, 0.05) is 6.04 Å². The minimum atomic E-state index is 0. The third-order valence-corrected chi connectivity index (χ3v) is 1.76. The third-order valence-electron chi connectivity index (χ3n) is 1.76. The topological polar surface area (TPSA) is 29.1 Å². The fourth-order valence-corrected chi connectivity index (χ4v) is 1.17. The van der Waals surface area contributed by atoms with E-state index in [4.69, 9.17) is 0 Å². The van der Waals surface area contributed by atoms with Crippen LogP contribution in [-0.2, 0) is 4.79 Å². The number of ketones is 1. The molecule has 1 unspecified atom stereocenters. The van der Waals surface area contributed by atoms with E-state index in [1.54, 1.807) is 6.92 Å². The molecule has 0 bridgehead atoms. The quantitative estimate of drug-likeness (QED) is 0.651. The average Bonchev–Trinajstić information content (AvgIpc) is 1.88. The SMILES string of the molecule is CC(=O)C1=CC(C)NCC1.Cl. The lowest BCUT2D eigenvalue weighted by atomic mass is 10.0. The highest BCUT2D eigenvalue weighted by Crippen LogP contribution is 2.08. The first kappa shape index (κ1) is 10.7. The molecular formula is C8H14ClNO. The van der Waals surface area contributed by atoms with E-state index < -0.39 is 0 Å². The molecule has 11 heavy (non-hydrogen) atoms. The number of hydrogen-bond acceptors (Lipinski definition) is 2. The Bertz CT molecular complexity index is 177. The summed E-state index contributed by atoms with van der Waals surface area (Å²) < 4.78 is 0. The predicted molar refractivity (Wildman–Crippen MR) is 48.1 cm³/mol. The van der Waals surface area contributed by atoms with Crippen molar-refractivity contribution in [2.45, 2.75) is 26.3 Å². The third kappa shape index (κ3) is 3.04. The summed E-state index contributed by atoms with van der Waals surface area (Å²) in [7, 11) is 0. The summed E-state index contributed by atoms with van der Waals surface area (Å²) in [4.78, 5) is 10.8. The summed E-state index contributed by atoms with van der Waals surface area (Å²) in [6, 6.07) is 0.368. The molecule has 0 saturated carbocycles. The van der Waals surface area contributed by atoms with Crippen molar-refractivity contribution in [1.29, 1.82) is 0 Å². The molecule has 3 heteroatoms. The summed E-state index contributed by atoms with van der Waals surface area (Å²) >= 11 is 0. The van der Waals surface area contributed by atoms with Crippen LogP contribution in [0, 0.1) is 0 Å². The van der Waals surface area contributed by atoms with Crippen LogP contribution in [-0.4, -0.2) is 18.4 Å². The van der Waals surface area contributed by atoms with Crippen LogP contribution >= 0.6 is 12.4 Å². The van der Waals surface area contributed by atoms with Crippen LogP contribution < -0.4 is 5.32 Å². The lowest BCUT2D eigenvalue weighted by Gasteiger charge is -2.17. The van der Waals surface area contributed by atoms with Gasteiger partial charge in [-0.2, -0.15) is 0 Å². The molecule has 1 rings (SSSR count). The summed E-state index contributed by atoms with van der Waals surface area (Å²) in [5.74, 6) is 0.216. The molecular weight excluding hydrogens is 162 g/mol. The van der Waals surface area contributed by atoms with Gasteiger partial charge in [-0.3, -0.25) is 4.79 Å². The molecule has 0 fully saturated rings. The van der Waals surface area contributed by atoms with E-state index in [-0.39, 0.29) is 18.2 Å². The maximum absolute atomic E-state index is 10.8. The van der Waals surface area contributed by atoms with Crippen LogP contribution in [0.2, 0.25) is 0 Å². The molecule has 0 aromatic carbocycles. The molecule has 0 aliphatic carbocycles. The molecule has 1 aliphatic heterocycles. The first-order chi connectivity index (χ1) is 4.70. The van der Waals surface area contributed by atoms with Crippen LogP contribution in [0.15, 0.2) is 11.6 Å². The number of rotatable bonds is 1. The lowest BCUT2D eigenvalue weighted by Crippen LogP contribution is -2.30. The normalized spacial score (nSPS) is 23.5. The van der Waals surface area contributed by atoms with Gasteiger partial charge < -0.3 is 5.32 Å². The largest absolute Gasteiger partial charge is 0.310 e. The Balaban J connectivity index is 0.000001000. The van der Waals surface area contributed by atoms with Crippen molar-refractivity contribution in [3.8, 4) is 0 Å². The molecule has 0 amide bonds. The number of carbonyl (C=O) groups excluding carboxylic acids is 1. The van der Waals surface area contributed by atoms with E-state index in [1.165, 1.54) is 0 Å². The molecule has 64 valence electrons. The average molecular weight is 176 g/mol. The van der Waals surface area contributed by atoms with Gasteiger partial charge in [-0.15, -0.1) is 12.4 Å². The molecule has 0 saturated heterocycles.